The van der Waals surface area contributed by atoms with Crippen LogP contribution in [-0.4, -0.2) is 61.0 Å². The Hall–Kier alpha value is -4.19. The molecule has 0 amide bonds. The van der Waals surface area contributed by atoms with Gasteiger partial charge in [-0.2, -0.15) is 0 Å². The SMILES string of the molecule is Cc1c(/C=C/C=O)cc(F)c2c1C(O)=C1C(=O)[C@]3(O[Si](C)(C)C(C)(C)C)C(=O)c4c(OCc5ccccc5)noc4[C@@H](N(C)C)[C@@H]3C[C@@H]1C2. The molecule has 6 rings (SSSR count). The van der Waals surface area contributed by atoms with Gasteiger partial charge in [-0.1, -0.05) is 57.2 Å². The lowest BCUT2D eigenvalue weighted by Crippen LogP contribution is -2.68. The predicted octanol–water partition coefficient (Wildman–Crippen LogP) is 7.20. The minimum atomic E-state index is -2.90. The molecule has 1 N–H and O–H groups in total. The average molecular weight is 687 g/mol. The summed E-state index contributed by atoms with van der Waals surface area (Å²) in [7, 11) is 0.785. The summed E-state index contributed by atoms with van der Waals surface area (Å²) in [6, 6.07) is 10.1. The highest BCUT2D eigenvalue weighted by atomic mass is 28.4. The number of fused-ring (bicyclic) bond motifs is 4. The third-order valence-corrected chi connectivity index (χ3v) is 15.4. The zero-order chi connectivity index (χ0) is 35.6. The summed E-state index contributed by atoms with van der Waals surface area (Å²) in [5, 5.41) is 15.8. The maximum Gasteiger partial charge on any atom is 0.265 e. The van der Waals surface area contributed by atoms with Crippen LogP contribution >= 0.6 is 0 Å². The topological polar surface area (TPSA) is 119 Å². The van der Waals surface area contributed by atoms with Crippen LogP contribution in [-0.2, 0) is 27.0 Å². The van der Waals surface area contributed by atoms with Crippen LogP contribution < -0.4 is 4.74 Å². The maximum absolute atomic E-state index is 15.7. The normalized spacial score (nSPS) is 23.8. The third kappa shape index (κ3) is 5.42. The lowest BCUT2D eigenvalue weighted by atomic mass is 9.57. The molecule has 0 spiro atoms. The summed E-state index contributed by atoms with van der Waals surface area (Å²) in [6.07, 6.45) is 3.68. The molecule has 4 atom stereocenters. The maximum atomic E-state index is 15.7. The van der Waals surface area contributed by atoms with Crippen molar-refractivity contribution in [2.45, 2.75) is 76.9 Å². The highest BCUT2D eigenvalue weighted by Crippen LogP contribution is 2.59. The van der Waals surface area contributed by atoms with Crippen LogP contribution in [0.3, 0.4) is 0 Å². The molecule has 2 aromatic carbocycles. The van der Waals surface area contributed by atoms with Gasteiger partial charge in [0.15, 0.2) is 19.7 Å². The van der Waals surface area contributed by atoms with Crippen molar-refractivity contribution in [3.8, 4) is 5.88 Å². The van der Waals surface area contributed by atoms with E-state index in [1.165, 1.54) is 18.2 Å². The first-order valence-corrected chi connectivity index (χ1v) is 19.5. The Bertz CT molecular complexity index is 1910. The van der Waals surface area contributed by atoms with Crippen LogP contribution in [0, 0.1) is 24.6 Å². The van der Waals surface area contributed by atoms with Gasteiger partial charge in [-0.25, -0.2) is 4.39 Å². The number of aliphatic hydroxyl groups excluding tert-OH is 1. The molecule has 0 radical (unpaired) electrons. The molecular weight excluding hydrogens is 644 g/mol. The fourth-order valence-corrected chi connectivity index (χ4v) is 8.95. The highest BCUT2D eigenvalue weighted by Gasteiger charge is 2.68. The second-order valence-electron chi connectivity index (χ2n) is 15.1. The number of allylic oxidation sites excluding steroid dienone is 1. The van der Waals surface area contributed by atoms with Crippen molar-refractivity contribution in [3.05, 3.63) is 93.0 Å². The Labute approximate surface area is 286 Å². The van der Waals surface area contributed by atoms with Gasteiger partial charge in [0.2, 0.25) is 11.6 Å². The van der Waals surface area contributed by atoms with Crippen LogP contribution in [0.4, 0.5) is 4.39 Å². The molecule has 9 nitrogen and oxygen atoms in total. The number of aromatic nitrogens is 1. The first kappa shape index (κ1) is 34.7. The summed E-state index contributed by atoms with van der Waals surface area (Å²) in [4.78, 5) is 43.6. The minimum Gasteiger partial charge on any atom is -0.507 e. The number of ketones is 2. The number of aldehydes is 1. The van der Waals surface area contributed by atoms with Crippen molar-refractivity contribution >= 4 is 38.0 Å². The Morgan fingerprint density at radius 1 is 1.14 bits per heavy atom. The van der Waals surface area contributed by atoms with Gasteiger partial charge >= 0.3 is 0 Å². The quantitative estimate of drug-likeness (QED) is 0.114. The van der Waals surface area contributed by atoms with Gasteiger partial charge in [0.25, 0.3) is 5.88 Å². The van der Waals surface area contributed by atoms with E-state index in [1.807, 2.05) is 83.2 Å². The van der Waals surface area contributed by atoms with E-state index in [0.717, 1.165) is 5.56 Å². The van der Waals surface area contributed by atoms with Gasteiger partial charge in [-0.05, 0) is 97.5 Å². The second kappa shape index (κ2) is 12.3. The zero-order valence-electron chi connectivity index (χ0n) is 29.2. The highest BCUT2D eigenvalue weighted by molar-refractivity contribution is 6.74. The monoisotopic (exact) mass is 686 g/mol. The van der Waals surface area contributed by atoms with Gasteiger partial charge in [0, 0.05) is 17.1 Å². The lowest BCUT2D eigenvalue weighted by Gasteiger charge is -2.55. The van der Waals surface area contributed by atoms with Gasteiger partial charge in [0.05, 0.1) is 6.04 Å². The zero-order valence-corrected chi connectivity index (χ0v) is 30.2. The number of hydrogen-bond donors (Lipinski definition) is 1. The van der Waals surface area contributed by atoms with Crippen molar-refractivity contribution in [1.29, 1.82) is 0 Å². The number of ether oxygens (including phenoxy) is 1. The molecule has 3 aromatic rings. The van der Waals surface area contributed by atoms with Gasteiger partial charge < -0.3 is 18.8 Å². The molecule has 0 unspecified atom stereocenters. The summed E-state index contributed by atoms with van der Waals surface area (Å²) < 4.78 is 34.8. The molecule has 3 aliphatic rings. The smallest absolute Gasteiger partial charge is 0.265 e. The molecule has 0 aliphatic heterocycles. The van der Waals surface area contributed by atoms with E-state index in [1.54, 1.807) is 6.92 Å². The van der Waals surface area contributed by atoms with E-state index >= 15 is 14.0 Å². The molecule has 1 heterocycles. The fraction of sp³-hybridized carbons (Fsp3) is 0.421. The lowest BCUT2D eigenvalue weighted by molar-refractivity contribution is -0.140. The predicted molar refractivity (Wildman–Crippen MR) is 185 cm³/mol. The number of hydrogen-bond acceptors (Lipinski definition) is 9. The van der Waals surface area contributed by atoms with E-state index in [4.69, 9.17) is 13.7 Å². The number of nitrogens with zero attached hydrogens (tertiary/aromatic N) is 2. The molecule has 1 fully saturated rings. The Balaban J connectivity index is 1.58. The number of carbonyl (C=O) groups excluding carboxylic acids is 3. The molecule has 1 aromatic heterocycles. The molecule has 1 saturated carbocycles. The summed E-state index contributed by atoms with van der Waals surface area (Å²) in [5.74, 6) is -3.24. The summed E-state index contributed by atoms with van der Waals surface area (Å²) >= 11 is 0. The minimum absolute atomic E-state index is 0.0287. The molecule has 49 heavy (non-hydrogen) atoms. The molecular formula is C38H43FN2O7Si. The van der Waals surface area contributed by atoms with Crippen LogP contribution in [0.1, 0.15) is 77.2 Å². The van der Waals surface area contributed by atoms with Crippen LogP contribution in [0.5, 0.6) is 5.88 Å². The van der Waals surface area contributed by atoms with Crippen LogP contribution in [0.25, 0.3) is 11.8 Å². The van der Waals surface area contributed by atoms with Crippen LogP contribution in [0.15, 0.2) is 52.6 Å². The number of halogens is 1. The number of Topliss-reactive ketones (excluding diaryl/α,β-unsaturated/α-hetero) is 2. The standard InChI is InChI=1S/C38H43FN2O7Si/c1-21-23(15-12-16-42)19-27(39)25-17-24-18-26-31(41(5)6)33-30(36(40-47-33)46-20-22-13-10-9-11-14-22)35(45)38(26,48-49(7,8)37(2,3)4)34(44)29(24)32(43)28(21)25/h9-16,19,24,26,31,43H,17-18,20H2,1-8H3/b15-12+/t24-,26-,31-,38-/m0/s1. The first-order valence-electron chi connectivity index (χ1n) is 16.5. The molecule has 3 aliphatic carbocycles. The van der Waals surface area contributed by atoms with Crippen molar-refractivity contribution in [2.24, 2.45) is 11.8 Å². The Morgan fingerprint density at radius 3 is 2.47 bits per heavy atom. The number of aliphatic hydroxyl groups is 1. The summed E-state index contributed by atoms with van der Waals surface area (Å²) in [6.45, 7) is 11.9. The van der Waals surface area contributed by atoms with E-state index in [0.29, 0.717) is 17.4 Å². The second-order valence-corrected chi connectivity index (χ2v) is 19.8. The van der Waals surface area contributed by atoms with E-state index in [-0.39, 0.29) is 59.1 Å². The number of benzene rings is 2. The van der Waals surface area contributed by atoms with Gasteiger partial charge in [-0.3, -0.25) is 19.3 Å². The summed E-state index contributed by atoms with van der Waals surface area (Å²) in [5.41, 5.74) is 0.336. The molecule has 258 valence electrons. The molecule has 11 heteroatoms. The largest absolute Gasteiger partial charge is 0.507 e. The first-order chi connectivity index (χ1) is 23.0. The van der Waals surface area contributed by atoms with Crippen molar-refractivity contribution in [2.75, 3.05) is 14.1 Å². The molecule has 0 saturated heterocycles. The van der Waals surface area contributed by atoms with Gasteiger partial charge in [-0.15, -0.1) is 0 Å². The number of rotatable bonds is 8. The van der Waals surface area contributed by atoms with Gasteiger partial charge in [0.1, 0.15) is 30.0 Å². The van der Waals surface area contributed by atoms with E-state index < -0.39 is 54.2 Å². The Kier molecular flexibility index (Phi) is 8.70. The van der Waals surface area contributed by atoms with E-state index in [9.17, 15) is 9.90 Å². The number of carbonyl (C=O) groups is 3. The van der Waals surface area contributed by atoms with Crippen molar-refractivity contribution < 1.29 is 37.6 Å². The third-order valence-electron chi connectivity index (χ3n) is 10.9. The van der Waals surface area contributed by atoms with Crippen molar-refractivity contribution in [1.82, 2.24) is 10.1 Å². The fourth-order valence-electron chi connectivity index (χ4n) is 7.50. The molecule has 0 bridgehead atoms. The van der Waals surface area contributed by atoms with Crippen molar-refractivity contribution in [3.63, 3.8) is 0 Å². The van der Waals surface area contributed by atoms with Crippen LogP contribution in [0.2, 0.25) is 18.1 Å². The Morgan fingerprint density at radius 2 is 1.84 bits per heavy atom. The van der Waals surface area contributed by atoms with E-state index in [2.05, 4.69) is 5.16 Å². The average Bonchev–Trinajstić information content (AvgIpc) is 3.45.